The summed E-state index contributed by atoms with van der Waals surface area (Å²) in [5, 5.41) is 3.46. The summed E-state index contributed by atoms with van der Waals surface area (Å²) in [5.74, 6) is 0. The number of nitrogens with zero attached hydrogens (tertiary/aromatic N) is 3. The maximum atomic E-state index is 8.16. The molecule has 3 nitrogen and oxygen atoms in total. The fraction of sp³-hybridized carbons (Fsp3) is 0.125. The van der Waals surface area contributed by atoms with Gasteiger partial charge in [-0.1, -0.05) is 41.6 Å². The minimum Gasteiger partial charge on any atom is -0.136 e. The zero-order valence-corrected chi connectivity index (χ0v) is 8.42. The topological polar surface area (TPSA) is 48.8 Å². The van der Waals surface area contributed by atoms with Gasteiger partial charge in [-0.05, 0) is 11.1 Å². The summed E-state index contributed by atoms with van der Waals surface area (Å²) in [6.45, 7) is 0. The highest BCUT2D eigenvalue weighted by Gasteiger charge is 1.94. The molecule has 13 heavy (non-hydrogen) atoms. The molecule has 0 heterocycles. The van der Waals surface area contributed by atoms with Gasteiger partial charge in [0.2, 0.25) is 0 Å². The van der Waals surface area contributed by atoms with Crippen LogP contribution in [0.3, 0.4) is 0 Å². The van der Waals surface area contributed by atoms with Gasteiger partial charge in [0.25, 0.3) is 0 Å². The quantitative estimate of drug-likeness (QED) is 0.268. The van der Waals surface area contributed by atoms with Gasteiger partial charge in [-0.2, -0.15) is 0 Å². The summed E-state index contributed by atoms with van der Waals surface area (Å²) in [5.41, 5.74) is 9.83. The second kappa shape index (κ2) is 4.87. The van der Waals surface area contributed by atoms with Crippen LogP contribution in [0.1, 0.15) is 5.56 Å². The van der Waals surface area contributed by atoms with Crippen LogP contribution >= 0.6 is 24.8 Å². The van der Waals surface area contributed by atoms with E-state index in [-0.39, 0.29) is 0 Å². The number of azide groups is 1. The minimum atomic E-state index is 0.608. The van der Waals surface area contributed by atoms with E-state index in [4.69, 9.17) is 17.7 Å². The molecule has 0 aliphatic heterocycles. The van der Waals surface area contributed by atoms with Crippen LogP contribution in [0.4, 0.5) is 5.69 Å². The van der Waals surface area contributed by atoms with Crippen molar-refractivity contribution in [2.45, 2.75) is 6.42 Å². The van der Waals surface area contributed by atoms with E-state index in [2.05, 4.69) is 22.7 Å². The average molecular weight is 209 g/mol. The van der Waals surface area contributed by atoms with Crippen molar-refractivity contribution >= 4 is 34.7 Å². The molecular weight excluding hydrogens is 202 g/mol. The van der Waals surface area contributed by atoms with Crippen LogP contribution in [0.5, 0.6) is 0 Å². The third kappa shape index (κ3) is 3.46. The van der Waals surface area contributed by atoms with Gasteiger partial charge < -0.3 is 0 Å². The molecule has 0 saturated heterocycles. The Morgan fingerprint density at radius 3 is 2.54 bits per heavy atom. The molecule has 66 valence electrons. The zero-order valence-electron chi connectivity index (χ0n) is 6.71. The second-order valence-corrected chi connectivity index (χ2v) is 3.76. The minimum absolute atomic E-state index is 0.608. The van der Waals surface area contributed by atoms with Crippen molar-refractivity contribution in [1.82, 2.24) is 0 Å². The fourth-order valence-corrected chi connectivity index (χ4v) is 1.26. The molecule has 1 rings (SSSR count). The van der Waals surface area contributed by atoms with E-state index in [0.717, 1.165) is 5.56 Å². The molecule has 5 heteroatoms. The maximum Gasteiger partial charge on any atom is 0.0491 e. The Balaban J connectivity index is 2.80. The highest BCUT2D eigenvalue weighted by Crippen LogP contribution is 2.14. The van der Waals surface area contributed by atoms with Gasteiger partial charge >= 0.3 is 0 Å². The van der Waals surface area contributed by atoms with Crippen molar-refractivity contribution in [1.29, 1.82) is 0 Å². The summed E-state index contributed by atoms with van der Waals surface area (Å²) in [4.78, 5) is 2.68. The van der Waals surface area contributed by atoms with E-state index in [1.807, 2.05) is 12.1 Å². The van der Waals surface area contributed by atoms with Gasteiger partial charge in [-0.25, -0.2) is 0 Å². The van der Waals surface area contributed by atoms with Crippen molar-refractivity contribution in [3.8, 4) is 0 Å². The molecular formula is C8H7N3S2. The Bertz CT molecular complexity index is 352. The number of thiol groups is 1. The third-order valence-electron chi connectivity index (χ3n) is 1.45. The molecule has 0 atom stereocenters. The van der Waals surface area contributed by atoms with Crippen LogP contribution in [-0.4, -0.2) is 4.20 Å². The molecule has 1 aromatic rings. The van der Waals surface area contributed by atoms with E-state index < -0.39 is 0 Å². The lowest BCUT2D eigenvalue weighted by Crippen LogP contribution is -1.89. The summed E-state index contributed by atoms with van der Waals surface area (Å²) >= 11 is 8.87. The predicted molar refractivity (Wildman–Crippen MR) is 60.5 cm³/mol. The number of benzene rings is 1. The maximum absolute atomic E-state index is 8.16. The summed E-state index contributed by atoms with van der Waals surface area (Å²) in [6.07, 6.45) is 0.662. The predicted octanol–water partition coefficient (Wildman–Crippen LogP) is 3.43. The molecule has 0 bridgehead atoms. The fourth-order valence-electron chi connectivity index (χ4n) is 0.907. The van der Waals surface area contributed by atoms with Crippen molar-refractivity contribution in [3.63, 3.8) is 0 Å². The smallest absolute Gasteiger partial charge is 0.0491 e. The number of hydrogen-bond acceptors (Lipinski definition) is 2. The SMILES string of the molecule is [N-]=[N+]=Nc1ccc(CC(=S)S)cc1. The van der Waals surface area contributed by atoms with Gasteiger partial charge in [0.15, 0.2) is 0 Å². The molecule has 0 aromatic heterocycles. The molecule has 1 aromatic carbocycles. The third-order valence-corrected chi connectivity index (χ3v) is 1.75. The highest BCUT2D eigenvalue weighted by atomic mass is 32.1. The first-order valence-corrected chi connectivity index (χ1v) is 4.44. The molecule has 0 amide bonds. The molecule has 0 saturated carbocycles. The first-order valence-electron chi connectivity index (χ1n) is 3.58. The molecule has 0 unspecified atom stereocenters. The normalized spacial score (nSPS) is 9.00. The van der Waals surface area contributed by atoms with E-state index >= 15 is 0 Å². The second-order valence-electron chi connectivity index (χ2n) is 2.43. The van der Waals surface area contributed by atoms with E-state index in [1.165, 1.54) is 0 Å². The number of rotatable bonds is 3. The average Bonchev–Trinajstić information content (AvgIpc) is 2.08. The van der Waals surface area contributed by atoms with Gasteiger partial charge in [0.1, 0.15) is 0 Å². The van der Waals surface area contributed by atoms with Crippen LogP contribution in [0.15, 0.2) is 29.4 Å². The summed E-state index contributed by atoms with van der Waals surface area (Å²) in [7, 11) is 0. The Morgan fingerprint density at radius 2 is 2.08 bits per heavy atom. The first kappa shape index (κ1) is 10.1. The molecule has 0 fully saturated rings. The summed E-state index contributed by atoms with van der Waals surface area (Å²) < 4.78 is 0.650. The molecule has 0 N–H and O–H groups in total. The monoisotopic (exact) mass is 209 g/mol. The van der Waals surface area contributed by atoms with E-state index in [9.17, 15) is 0 Å². The molecule has 0 radical (unpaired) electrons. The number of thiocarbonyl (C=S) groups is 1. The Labute approximate surface area is 86.8 Å². The lowest BCUT2D eigenvalue weighted by Gasteiger charge is -1.98. The Hall–Kier alpha value is -1.03. The van der Waals surface area contributed by atoms with E-state index in [0.29, 0.717) is 16.3 Å². The van der Waals surface area contributed by atoms with Crippen molar-refractivity contribution in [2.24, 2.45) is 5.11 Å². The van der Waals surface area contributed by atoms with Gasteiger partial charge in [-0.15, -0.1) is 12.6 Å². The van der Waals surface area contributed by atoms with Crippen LogP contribution in [0.25, 0.3) is 10.4 Å². The molecule has 0 spiro atoms. The zero-order chi connectivity index (χ0) is 9.68. The van der Waals surface area contributed by atoms with Gasteiger partial charge in [-0.3, -0.25) is 0 Å². The number of hydrogen-bond donors (Lipinski definition) is 1. The van der Waals surface area contributed by atoms with Crippen LogP contribution in [0, 0.1) is 0 Å². The van der Waals surface area contributed by atoms with Crippen molar-refractivity contribution in [3.05, 3.63) is 40.3 Å². The van der Waals surface area contributed by atoms with Crippen LogP contribution < -0.4 is 0 Å². The van der Waals surface area contributed by atoms with Gasteiger partial charge in [0.05, 0.1) is 0 Å². The first-order chi connectivity index (χ1) is 6.22. The Kier molecular flexibility index (Phi) is 3.76. The lowest BCUT2D eigenvalue weighted by atomic mass is 10.1. The highest BCUT2D eigenvalue weighted by molar-refractivity contribution is 8.11. The largest absolute Gasteiger partial charge is 0.136 e. The standard InChI is InChI=1S/C8H7N3S2/c9-11-10-7-3-1-6(2-4-7)5-8(12)13/h1-4H,5H2,(H,12,13). The van der Waals surface area contributed by atoms with Crippen LogP contribution in [0.2, 0.25) is 0 Å². The van der Waals surface area contributed by atoms with Crippen LogP contribution in [-0.2, 0) is 6.42 Å². The summed E-state index contributed by atoms with van der Waals surface area (Å²) in [6, 6.07) is 7.24. The van der Waals surface area contributed by atoms with Crippen molar-refractivity contribution in [2.75, 3.05) is 0 Å². The molecule has 0 aliphatic rings. The Morgan fingerprint density at radius 1 is 1.46 bits per heavy atom. The lowest BCUT2D eigenvalue weighted by molar-refractivity contribution is 1.35. The molecule has 0 aliphatic carbocycles. The van der Waals surface area contributed by atoms with E-state index in [1.54, 1.807) is 12.1 Å². The van der Waals surface area contributed by atoms with Crippen molar-refractivity contribution < 1.29 is 0 Å². The van der Waals surface area contributed by atoms with Gasteiger partial charge in [0, 0.05) is 21.2 Å².